The van der Waals surface area contributed by atoms with E-state index in [1.54, 1.807) is 7.11 Å². The maximum Gasteiger partial charge on any atom is 0.312 e. The van der Waals surface area contributed by atoms with Crippen LogP contribution in [-0.2, 0) is 9.53 Å². The fourth-order valence-corrected chi connectivity index (χ4v) is 4.98. The van der Waals surface area contributed by atoms with Crippen LogP contribution in [0.4, 0.5) is 5.69 Å². The normalized spacial score (nSPS) is 25.6. The van der Waals surface area contributed by atoms with Crippen LogP contribution in [0.5, 0.6) is 5.75 Å². The lowest BCUT2D eigenvalue weighted by atomic mass is 9.72. The Labute approximate surface area is 162 Å². The molecule has 1 saturated carbocycles. The van der Waals surface area contributed by atoms with Crippen molar-refractivity contribution in [3.05, 3.63) is 24.3 Å². The molecule has 1 aromatic carbocycles. The summed E-state index contributed by atoms with van der Waals surface area (Å²) in [5.74, 6) is 0.996. The van der Waals surface area contributed by atoms with Crippen LogP contribution in [0.3, 0.4) is 0 Å². The molecule has 0 amide bonds. The van der Waals surface area contributed by atoms with Crippen LogP contribution in [0.15, 0.2) is 24.3 Å². The van der Waals surface area contributed by atoms with Crippen LogP contribution in [0.25, 0.3) is 0 Å². The molecular weight excluding hydrogens is 340 g/mol. The van der Waals surface area contributed by atoms with Gasteiger partial charge in [0.2, 0.25) is 0 Å². The van der Waals surface area contributed by atoms with Crippen LogP contribution >= 0.6 is 0 Å². The Morgan fingerprint density at radius 1 is 1.07 bits per heavy atom. The predicted octanol–water partition coefficient (Wildman–Crippen LogP) is 3.47. The second-order valence-corrected chi connectivity index (χ2v) is 8.39. The number of cyclic esters (lactones) is 1. The molecule has 0 radical (unpaired) electrons. The summed E-state index contributed by atoms with van der Waals surface area (Å²) in [6.45, 7) is 5.25. The molecular formula is C22H32N2O3. The molecule has 1 aliphatic carbocycles. The molecule has 5 nitrogen and oxygen atoms in total. The summed E-state index contributed by atoms with van der Waals surface area (Å²) in [4.78, 5) is 17.4. The van der Waals surface area contributed by atoms with Gasteiger partial charge in [-0.2, -0.15) is 0 Å². The van der Waals surface area contributed by atoms with Crippen molar-refractivity contribution in [3.8, 4) is 5.75 Å². The average Bonchev–Trinajstić information content (AvgIpc) is 3.02. The van der Waals surface area contributed by atoms with Crippen LogP contribution < -0.4 is 9.64 Å². The molecule has 2 aliphatic heterocycles. The molecule has 0 aromatic heterocycles. The minimum absolute atomic E-state index is 0.0940. The standard InChI is InChI=1S/C22H32N2O3/c1-26-19-7-5-18(6-8-19)24-15-13-23(14-16-24)12-9-20-17-22(21(25)27-20)10-3-2-4-11-22/h5-8,20H,2-4,9-17H2,1H3/t20-/m0/s1. The van der Waals surface area contributed by atoms with Gasteiger partial charge < -0.3 is 14.4 Å². The fourth-order valence-electron chi connectivity index (χ4n) is 4.98. The van der Waals surface area contributed by atoms with Crippen LogP contribution in [0, 0.1) is 5.41 Å². The maximum absolute atomic E-state index is 12.4. The van der Waals surface area contributed by atoms with Gasteiger partial charge in [-0.15, -0.1) is 0 Å². The Bertz CT molecular complexity index is 631. The first-order valence-corrected chi connectivity index (χ1v) is 10.5. The van der Waals surface area contributed by atoms with Crippen molar-refractivity contribution in [3.63, 3.8) is 0 Å². The average molecular weight is 373 g/mol. The van der Waals surface area contributed by atoms with E-state index in [0.717, 1.165) is 64.2 Å². The minimum atomic E-state index is -0.129. The lowest BCUT2D eigenvalue weighted by molar-refractivity contribution is -0.150. The van der Waals surface area contributed by atoms with E-state index in [2.05, 4.69) is 21.9 Å². The van der Waals surface area contributed by atoms with Gasteiger partial charge in [-0.1, -0.05) is 19.3 Å². The SMILES string of the molecule is COc1ccc(N2CCN(CC[C@H]3CC4(CCCCC4)C(=O)O3)CC2)cc1. The van der Waals surface area contributed by atoms with Crippen LogP contribution in [0.1, 0.15) is 44.9 Å². The Kier molecular flexibility index (Phi) is 5.58. The third kappa shape index (κ3) is 4.08. The van der Waals surface area contributed by atoms with E-state index in [9.17, 15) is 4.79 Å². The van der Waals surface area contributed by atoms with E-state index in [1.807, 2.05) is 12.1 Å². The molecule has 148 valence electrons. The highest BCUT2D eigenvalue weighted by Crippen LogP contribution is 2.46. The largest absolute Gasteiger partial charge is 0.497 e. The van der Waals surface area contributed by atoms with Gasteiger partial charge in [0.1, 0.15) is 11.9 Å². The molecule has 3 fully saturated rings. The van der Waals surface area contributed by atoms with E-state index >= 15 is 0 Å². The number of rotatable bonds is 5. The molecule has 3 aliphatic rings. The topological polar surface area (TPSA) is 42.0 Å². The second kappa shape index (κ2) is 8.09. The fraction of sp³-hybridized carbons (Fsp3) is 0.682. The third-order valence-electron chi connectivity index (χ3n) is 6.71. The zero-order valence-electron chi connectivity index (χ0n) is 16.5. The number of anilines is 1. The number of benzene rings is 1. The molecule has 27 heavy (non-hydrogen) atoms. The smallest absolute Gasteiger partial charge is 0.312 e. The number of hydrogen-bond donors (Lipinski definition) is 0. The van der Waals surface area contributed by atoms with Gasteiger partial charge in [0.05, 0.1) is 12.5 Å². The molecule has 4 rings (SSSR count). The number of hydrogen-bond acceptors (Lipinski definition) is 5. The zero-order valence-corrected chi connectivity index (χ0v) is 16.5. The van der Waals surface area contributed by atoms with E-state index in [0.29, 0.717) is 0 Å². The highest BCUT2D eigenvalue weighted by atomic mass is 16.6. The first-order chi connectivity index (χ1) is 13.2. The number of carbonyl (C=O) groups is 1. The lowest BCUT2D eigenvalue weighted by Gasteiger charge is -2.36. The molecule has 2 saturated heterocycles. The number of nitrogens with zero attached hydrogens (tertiary/aromatic N) is 2. The molecule has 0 bridgehead atoms. The quantitative estimate of drug-likeness (QED) is 0.741. The van der Waals surface area contributed by atoms with Crippen molar-refractivity contribution < 1.29 is 14.3 Å². The minimum Gasteiger partial charge on any atom is -0.497 e. The van der Waals surface area contributed by atoms with E-state index in [4.69, 9.17) is 9.47 Å². The van der Waals surface area contributed by atoms with Gasteiger partial charge in [0.25, 0.3) is 0 Å². The molecule has 5 heteroatoms. The third-order valence-corrected chi connectivity index (χ3v) is 6.71. The van der Waals surface area contributed by atoms with E-state index in [-0.39, 0.29) is 17.5 Å². The van der Waals surface area contributed by atoms with Gasteiger partial charge in [-0.05, 0) is 43.5 Å². The number of methoxy groups -OCH3 is 1. The molecule has 1 spiro atoms. The number of esters is 1. The van der Waals surface area contributed by atoms with Gasteiger partial charge in [-0.25, -0.2) is 0 Å². The Hall–Kier alpha value is -1.75. The van der Waals surface area contributed by atoms with Crippen LogP contribution in [-0.4, -0.2) is 56.8 Å². The second-order valence-electron chi connectivity index (χ2n) is 8.39. The molecule has 1 atom stereocenters. The van der Waals surface area contributed by atoms with Crippen molar-refractivity contribution in [2.45, 2.75) is 51.0 Å². The van der Waals surface area contributed by atoms with E-state index in [1.165, 1.54) is 24.9 Å². The van der Waals surface area contributed by atoms with Crippen LogP contribution in [0.2, 0.25) is 0 Å². The Morgan fingerprint density at radius 2 is 1.78 bits per heavy atom. The van der Waals surface area contributed by atoms with Gasteiger partial charge in [-0.3, -0.25) is 9.69 Å². The summed E-state index contributed by atoms with van der Waals surface area (Å²) in [5.41, 5.74) is 1.13. The summed E-state index contributed by atoms with van der Waals surface area (Å²) in [6.07, 6.45) is 7.82. The first kappa shape index (κ1) is 18.6. The first-order valence-electron chi connectivity index (χ1n) is 10.5. The Morgan fingerprint density at radius 3 is 2.44 bits per heavy atom. The predicted molar refractivity (Wildman–Crippen MR) is 106 cm³/mol. The van der Waals surface area contributed by atoms with E-state index < -0.39 is 0 Å². The van der Waals surface area contributed by atoms with Crippen molar-refractivity contribution in [1.82, 2.24) is 4.90 Å². The highest BCUT2D eigenvalue weighted by molar-refractivity contribution is 5.79. The molecule has 0 N–H and O–H groups in total. The molecule has 2 heterocycles. The zero-order chi connectivity index (χ0) is 18.7. The van der Waals surface area contributed by atoms with Crippen molar-refractivity contribution in [2.24, 2.45) is 5.41 Å². The number of ether oxygens (including phenoxy) is 2. The summed E-state index contributed by atoms with van der Waals surface area (Å²) in [5, 5.41) is 0. The number of piperazine rings is 1. The van der Waals surface area contributed by atoms with Gasteiger partial charge in [0, 0.05) is 44.8 Å². The van der Waals surface area contributed by atoms with Gasteiger partial charge >= 0.3 is 5.97 Å². The maximum atomic E-state index is 12.4. The lowest BCUT2D eigenvalue weighted by Crippen LogP contribution is -2.47. The monoisotopic (exact) mass is 372 g/mol. The summed E-state index contributed by atoms with van der Waals surface area (Å²) < 4.78 is 11.0. The van der Waals surface area contributed by atoms with Gasteiger partial charge in [0.15, 0.2) is 0 Å². The molecule has 1 aromatic rings. The summed E-state index contributed by atoms with van der Waals surface area (Å²) in [7, 11) is 1.70. The summed E-state index contributed by atoms with van der Waals surface area (Å²) >= 11 is 0. The van der Waals surface area contributed by atoms with Crippen molar-refractivity contribution in [2.75, 3.05) is 44.7 Å². The number of carbonyl (C=O) groups excluding carboxylic acids is 1. The molecule has 0 unspecified atom stereocenters. The van der Waals surface area contributed by atoms with Crippen molar-refractivity contribution in [1.29, 1.82) is 0 Å². The summed E-state index contributed by atoms with van der Waals surface area (Å²) in [6, 6.07) is 8.32. The van der Waals surface area contributed by atoms with Crippen molar-refractivity contribution >= 4 is 11.7 Å². The highest BCUT2D eigenvalue weighted by Gasteiger charge is 2.48. The Balaban J connectivity index is 1.22.